The van der Waals surface area contributed by atoms with Crippen molar-refractivity contribution in [2.45, 2.75) is 6.54 Å². The van der Waals surface area contributed by atoms with E-state index in [2.05, 4.69) is 18.0 Å². The van der Waals surface area contributed by atoms with E-state index in [1.807, 2.05) is 23.1 Å². The number of anilines is 1. The van der Waals surface area contributed by atoms with Crippen molar-refractivity contribution in [3.05, 3.63) is 89.7 Å². The van der Waals surface area contributed by atoms with Crippen molar-refractivity contribution in [1.29, 1.82) is 0 Å². The summed E-state index contributed by atoms with van der Waals surface area (Å²) in [5, 5.41) is 0. The van der Waals surface area contributed by atoms with Gasteiger partial charge in [0.2, 0.25) is 0 Å². The van der Waals surface area contributed by atoms with Crippen LogP contribution < -0.4 is 9.64 Å². The summed E-state index contributed by atoms with van der Waals surface area (Å²) in [4.78, 5) is 17.2. The predicted octanol–water partition coefficient (Wildman–Crippen LogP) is 4.71. The summed E-state index contributed by atoms with van der Waals surface area (Å²) >= 11 is 0. The summed E-state index contributed by atoms with van der Waals surface area (Å²) in [7, 11) is 2.06. The fraction of sp³-hybridized carbons (Fsp3) is 0.174. The third kappa shape index (κ3) is 3.89. The number of carbonyl (C=O) groups is 1. The number of carbonyl (C=O) groups excluding carboxylic acids is 1. The first kappa shape index (κ1) is 18.2. The third-order valence-electron chi connectivity index (χ3n) is 4.81. The third-order valence-corrected chi connectivity index (χ3v) is 4.81. The van der Waals surface area contributed by atoms with Crippen molar-refractivity contribution < 1.29 is 13.9 Å². The van der Waals surface area contributed by atoms with E-state index in [4.69, 9.17) is 4.74 Å². The van der Waals surface area contributed by atoms with Gasteiger partial charge in [-0.1, -0.05) is 24.3 Å². The van der Waals surface area contributed by atoms with E-state index in [0.717, 1.165) is 24.3 Å². The molecule has 5 heteroatoms. The molecule has 4 nitrogen and oxygen atoms in total. The number of benzene rings is 3. The minimum atomic E-state index is -0.353. The molecular formula is C23H21FN2O2. The Morgan fingerprint density at radius 2 is 1.71 bits per heavy atom. The Balaban J connectivity index is 1.55. The number of halogens is 1. The van der Waals surface area contributed by atoms with Gasteiger partial charge in [-0.05, 0) is 55.1 Å². The minimum absolute atomic E-state index is 0.0416. The number of ether oxygens (including phenoxy) is 1. The number of hydrogen-bond donors (Lipinski definition) is 0. The van der Waals surface area contributed by atoms with Gasteiger partial charge in [0, 0.05) is 37.0 Å². The first-order chi connectivity index (χ1) is 13.6. The molecule has 0 atom stereocenters. The molecule has 0 aromatic heterocycles. The molecule has 0 fully saturated rings. The maximum Gasteiger partial charge on any atom is 0.258 e. The number of likely N-dealkylation sites (N-methyl/N-ethyl adjacent to an activating group) is 1. The van der Waals surface area contributed by atoms with Gasteiger partial charge < -0.3 is 14.5 Å². The fourth-order valence-electron chi connectivity index (χ4n) is 3.37. The van der Waals surface area contributed by atoms with Gasteiger partial charge in [-0.3, -0.25) is 4.79 Å². The molecular weight excluding hydrogens is 355 g/mol. The van der Waals surface area contributed by atoms with E-state index in [-0.39, 0.29) is 11.7 Å². The number of para-hydroxylation sites is 1. The molecule has 1 aliphatic rings. The lowest BCUT2D eigenvalue weighted by molar-refractivity contribution is 0.0986. The van der Waals surface area contributed by atoms with Crippen molar-refractivity contribution >= 4 is 11.6 Å². The van der Waals surface area contributed by atoms with Crippen LogP contribution in [0.2, 0.25) is 0 Å². The zero-order valence-electron chi connectivity index (χ0n) is 15.6. The van der Waals surface area contributed by atoms with Gasteiger partial charge in [-0.2, -0.15) is 0 Å². The standard InChI is InChI=1S/C23H21FN2O2/c1-25-13-14-26(22-8-3-2-5-18(22)16-25)23(27)17-9-11-20(12-10-17)28-21-7-4-6-19(24)15-21/h2-12,15H,13-14,16H2,1H3. The molecule has 0 saturated heterocycles. The normalized spacial score (nSPS) is 14.3. The van der Waals surface area contributed by atoms with Crippen LogP contribution in [0.3, 0.4) is 0 Å². The maximum absolute atomic E-state index is 13.3. The Morgan fingerprint density at radius 1 is 0.929 bits per heavy atom. The highest BCUT2D eigenvalue weighted by Gasteiger charge is 2.23. The smallest absolute Gasteiger partial charge is 0.258 e. The average Bonchev–Trinajstić information content (AvgIpc) is 2.86. The molecule has 0 N–H and O–H groups in total. The van der Waals surface area contributed by atoms with Gasteiger partial charge >= 0.3 is 0 Å². The van der Waals surface area contributed by atoms with E-state index in [1.165, 1.54) is 12.1 Å². The number of nitrogens with zero attached hydrogens (tertiary/aromatic N) is 2. The quantitative estimate of drug-likeness (QED) is 0.664. The molecule has 0 aliphatic carbocycles. The van der Waals surface area contributed by atoms with Crippen molar-refractivity contribution in [2.75, 3.05) is 25.0 Å². The lowest BCUT2D eigenvalue weighted by Gasteiger charge is -2.23. The van der Waals surface area contributed by atoms with Gasteiger partial charge in [0.1, 0.15) is 17.3 Å². The number of rotatable bonds is 3. The Morgan fingerprint density at radius 3 is 2.50 bits per heavy atom. The maximum atomic E-state index is 13.3. The monoisotopic (exact) mass is 376 g/mol. The summed E-state index contributed by atoms with van der Waals surface area (Å²) in [6, 6.07) is 20.9. The van der Waals surface area contributed by atoms with Crippen LogP contribution in [-0.2, 0) is 6.54 Å². The summed E-state index contributed by atoms with van der Waals surface area (Å²) in [5.74, 6) is 0.579. The minimum Gasteiger partial charge on any atom is -0.457 e. The molecule has 28 heavy (non-hydrogen) atoms. The SMILES string of the molecule is CN1CCN(C(=O)c2ccc(Oc3cccc(F)c3)cc2)c2ccccc2C1. The molecule has 142 valence electrons. The summed E-state index contributed by atoms with van der Waals surface area (Å²) in [5.41, 5.74) is 2.68. The Hall–Kier alpha value is -3.18. The summed E-state index contributed by atoms with van der Waals surface area (Å²) < 4.78 is 19.0. The zero-order chi connectivity index (χ0) is 19.5. The summed E-state index contributed by atoms with van der Waals surface area (Å²) in [6.45, 7) is 2.26. The topological polar surface area (TPSA) is 32.8 Å². The van der Waals surface area contributed by atoms with Crippen LogP contribution >= 0.6 is 0 Å². The van der Waals surface area contributed by atoms with Gasteiger partial charge in [0.15, 0.2) is 0 Å². The molecule has 3 aromatic rings. The molecule has 1 amide bonds. The van der Waals surface area contributed by atoms with Crippen LogP contribution in [0, 0.1) is 5.82 Å². The number of amides is 1. The van der Waals surface area contributed by atoms with E-state index in [9.17, 15) is 9.18 Å². The van der Waals surface area contributed by atoms with E-state index in [0.29, 0.717) is 23.6 Å². The molecule has 1 aliphatic heterocycles. The highest BCUT2D eigenvalue weighted by Crippen LogP contribution is 2.27. The van der Waals surface area contributed by atoms with E-state index >= 15 is 0 Å². The van der Waals surface area contributed by atoms with Crippen LogP contribution in [0.4, 0.5) is 10.1 Å². The molecule has 0 unspecified atom stereocenters. The van der Waals surface area contributed by atoms with Crippen LogP contribution in [-0.4, -0.2) is 30.9 Å². The molecule has 3 aromatic carbocycles. The predicted molar refractivity (Wildman–Crippen MR) is 107 cm³/mol. The van der Waals surface area contributed by atoms with Crippen LogP contribution in [0.5, 0.6) is 11.5 Å². The second-order valence-corrected chi connectivity index (χ2v) is 6.91. The van der Waals surface area contributed by atoms with Gasteiger partial charge in [-0.25, -0.2) is 4.39 Å². The lowest BCUT2D eigenvalue weighted by Crippen LogP contribution is -2.35. The van der Waals surface area contributed by atoms with Crippen molar-refractivity contribution in [1.82, 2.24) is 4.90 Å². The van der Waals surface area contributed by atoms with Crippen molar-refractivity contribution in [2.24, 2.45) is 0 Å². The Kier molecular flexibility index (Phi) is 5.08. The van der Waals surface area contributed by atoms with Crippen LogP contribution in [0.25, 0.3) is 0 Å². The van der Waals surface area contributed by atoms with Gasteiger partial charge in [0.05, 0.1) is 0 Å². The van der Waals surface area contributed by atoms with Crippen molar-refractivity contribution in [3.8, 4) is 11.5 Å². The first-order valence-electron chi connectivity index (χ1n) is 9.22. The first-order valence-corrected chi connectivity index (χ1v) is 9.22. The number of fused-ring (bicyclic) bond motifs is 1. The molecule has 0 saturated carbocycles. The van der Waals surface area contributed by atoms with Crippen LogP contribution in [0.1, 0.15) is 15.9 Å². The van der Waals surface area contributed by atoms with E-state index < -0.39 is 0 Å². The number of hydrogen-bond acceptors (Lipinski definition) is 3. The summed E-state index contributed by atoms with van der Waals surface area (Å²) in [6.07, 6.45) is 0. The van der Waals surface area contributed by atoms with E-state index in [1.54, 1.807) is 36.4 Å². The van der Waals surface area contributed by atoms with Gasteiger partial charge in [-0.15, -0.1) is 0 Å². The highest BCUT2D eigenvalue weighted by molar-refractivity contribution is 6.06. The fourth-order valence-corrected chi connectivity index (χ4v) is 3.37. The second-order valence-electron chi connectivity index (χ2n) is 6.91. The van der Waals surface area contributed by atoms with Gasteiger partial charge in [0.25, 0.3) is 5.91 Å². The lowest BCUT2D eigenvalue weighted by atomic mass is 10.1. The largest absolute Gasteiger partial charge is 0.457 e. The highest BCUT2D eigenvalue weighted by atomic mass is 19.1. The Bertz CT molecular complexity index is 988. The molecule has 0 radical (unpaired) electrons. The second kappa shape index (κ2) is 7.82. The van der Waals surface area contributed by atoms with Crippen LogP contribution in [0.15, 0.2) is 72.8 Å². The zero-order valence-corrected chi connectivity index (χ0v) is 15.6. The molecule has 0 bridgehead atoms. The average molecular weight is 376 g/mol. The molecule has 0 spiro atoms. The van der Waals surface area contributed by atoms with Crippen molar-refractivity contribution in [3.63, 3.8) is 0 Å². The molecule has 4 rings (SSSR count). The molecule has 1 heterocycles. The Labute approximate surface area is 163 Å².